The average molecular weight is 347 g/mol. The molecule has 0 radical (unpaired) electrons. The lowest BCUT2D eigenvalue weighted by Crippen LogP contribution is -2.24. The molecule has 0 heterocycles. The smallest absolute Gasteiger partial charge is 0.177 e. The third-order valence-electron chi connectivity index (χ3n) is 3.39. The lowest BCUT2D eigenvalue weighted by molar-refractivity contribution is 0.129. The van der Waals surface area contributed by atoms with Crippen LogP contribution in [0.25, 0.3) is 0 Å². The van der Waals surface area contributed by atoms with Crippen LogP contribution in [-0.4, -0.2) is 20.3 Å². The molecule has 0 bridgehead atoms. The van der Waals surface area contributed by atoms with Crippen LogP contribution in [0.3, 0.4) is 0 Å². The fraction of sp³-hybridized carbons (Fsp3) is 0.368. The third-order valence-corrected chi connectivity index (χ3v) is 4.55. The van der Waals surface area contributed by atoms with Crippen molar-refractivity contribution in [1.82, 2.24) is 0 Å². The van der Waals surface area contributed by atoms with Crippen molar-refractivity contribution in [2.75, 3.05) is 11.6 Å². The Balaban J connectivity index is 2.28. The molecule has 0 spiro atoms. The summed E-state index contributed by atoms with van der Waals surface area (Å²) in [4.78, 5) is 0.301. The molecular formula is C19H25NO3S. The second kappa shape index (κ2) is 6.85. The average Bonchev–Trinajstić information content (AvgIpc) is 2.44. The highest BCUT2D eigenvalue weighted by molar-refractivity contribution is 7.90. The van der Waals surface area contributed by atoms with Crippen LogP contribution in [0, 0.1) is 6.92 Å². The summed E-state index contributed by atoms with van der Waals surface area (Å²) < 4.78 is 29.8. The van der Waals surface area contributed by atoms with Gasteiger partial charge < -0.3 is 10.1 Å². The van der Waals surface area contributed by atoms with E-state index in [1.165, 1.54) is 6.26 Å². The van der Waals surface area contributed by atoms with Crippen molar-refractivity contribution in [1.29, 1.82) is 0 Å². The van der Waals surface area contributed by atoms with E-state index in [1.54, 1.807) is 18.2 Å². The second-order valence-corrected chi connectivity index (χ2v) is 8.93. The molecule has 0 aliphatic carbocycles. The highest BCUT2D eigenvalue weighted by Crippen LogP contribution is 2.27. The summed E-state index contributed by atoms with van der Waals surface area (Å²) in [5.41, 5.74) is 2.41. The van der Waals surface area contributed by atoms with Crippen molar-refractivity contribution in [3.63, 3.8) is 0 Å². The molecule has 4 nitrogen and oxygen atoms in total. The van der Waals surface area contributed by atoms with Gasteiger partial charge in [-0.2, -0.15) is 0 Å². The van der Waals surface area contributed by atoms with Crippen molar-refractivity contribution in [2.24, 2.45) is 0 Å². The van der Waals surface area contributed by atoms with Gasteiger partial charge in [-0.15, -0.1) is 0 Å². The van der Waals surface area contributed by atoms with Crippen molar-refractivity contribution in [3.8, 4) is 5.75 Å². The van der Waals surface area contributed by atoms with Crippen molar-refractivity contribution in [3.05, 3.63) is 53.6 Å². The summed E-state index contributed by atoms with van der Waals surface area (Å²) in [5.74, 6) is 0.812. The quantitative estimate of drug-likeness (QED) is 0.881. The molecule has 5 heteroatoms. The molecule has 0 amide bonds. The summed E-state index contributed by atoms with van der Waals surface area (Å²) in [7, 11) is -3.28. The van der Waals surface area contributed by atoms with Crippen LogP contribution in [0.1, 0.15) is 31.9 Å². The van der Waals surface area contributed by atoms with E-state index in [-0.39, 0.29) is 5.60 Å². The maximum Gasteiger partial charge on any atom is 0.177 e. The number of anilines is 1. The van der Waals surface area contributed by atoms with Gasteiger partial charge in [-0.05, 0) is 51.5 Å². The first-order valence-electron chi connectivity index (χ1n) is 7.88. The van der Waals surface area contributed by atoms with Crippen LogP contribution in [0.15, 0.2) is 47.4 Å². The molecule has 0 unspecified atom stereocenters. The first kappa shape index (κ1) is 18.3. The van der Waals surface area contributed by atoms with Crippen molar-refractivity contribution >= 4 is 15.5 Å². The first-order valence-corrected chi connectivity index (χ1v) is 9.77. The summed E-state index contributed by atoms with van der Waals surface area (Å²) in [6.45, 7) is 8.52. The van der Waals surface area contributed by atoms with Gasteiger partial charge >= 0.3 is 0 Å². The lowest BCUT2D eigenvalue weighted by atomic mass is 10.1. The molecule has 2 aromatic carbocycles. The molecule has 24 heavy (non-hydrogen) atoms. The first-order chi connectivity index (χ1) is 11.1. The number of aryl methyl sites for hydroxylation is 1. The molecule has 0 aromatic heterocycles. The van der Waals surface area contributed by atoms with E-state index >= 15 is 0 Å². The van der Waals surface area contributed by atoms with Gasteiger partial charge in [-0.1, -0.05) is 24.3 Å². The van der Waals surface area contributed by atoms with Crippen LogP contribution < -0.4 is 10.1 Å². The van der Waals surface area contributed by atoms with E-state index < -0.39 is 9.84 Å². The Hall–Kier alpha value is -2.01. The Labute approximate surface area is 144 Å². The SMILES string of the molecule is Cc1ccc(CNc2ccccc2S(C)(=O)=O)c(OC(C)(C)C)c1. The zero-order chi connectivity index (χ0) is 18.0. The Kier molecular flexibility index (Phi) is 5.23. The van der Waals surface area contributed by atoms with Gasteiger partial charge in [0.1, 0.15) is 11.4 Å². The molecule has 0 saturated heterocycles. The number of rotatable bonds is 5. The van der Waals surface area contributed by atoms with Crippen molar-refractivity contribution in [2.45, 2.75) is 44.7 Å². The molecule has 0 aliphatic heterocycles. The highest BCUT2D eigenvalue weighted by atomic mass is 32.2. The van der Waals surface area contributed by atoms with E-state index in [4.69, 9.17) is 4.74 Å². The van der Waals surface area contributed by atoms with E-state index in [2.05, 4.69) is 5.32 Å². The zero-order valence-electron chi connectivity index (χ0n) is 14.9. The molecule has 2 rings (SSSR count). The molecule has 2 aromatic rings. The summed E-state index contributed by atoms with van der Waals surface area (Å²) in [6, 6.07) is 13.0. The van der Waals surface area contributed by atoms with Crippen LogP contribution in [0.2, 0.25) is 0 Å². The van der Waals surface area contributed by atoms with Crippen LogP contribution in [0.5, 0.6) is 5.75 Å². The minimum atomic E-state index is -3.28. The number of hydrogen-bond donors (Lipinski definition) is 1. The fourth-order valence-corrected chi connectivity index (χ4v) is 3.22. The minimum Gasteiger partial charge on any atom is -0.488 e. The number of sulfone groups is 1. The van der Waals surface area contributed by atoms with Crippen LogP contribution >= 0.6 is 0 Å². The van der Waals surface area contributed by atoms with Crippen LogP contribution in [0.4, 0.5) is 5.69 Å². The Morgan fingerprint density at radius 2 is 1.75 bits per heavy atom. The topological polar surface area (TPSA) is 55.4 Å². The molecule has 0 fully saturated rings. The number of para-hydroxylation sites is 1. The monoisotopic (exact) mass is 347 g/mol. The highest BCUT2D eigenvalue weighted by Gasteiger charge is 2.16. The number of nitrogens with one attached hydrogen (secondary N) is 1. The van der Waals surface area contributed by atoms with E-state index in [1.807, 2.05) is 52.0 Å². The molecule has 0 saturated carbocycles. The Morgan fingerprint density at radius 1 is 1.08 bits per heavy atom. The van der Waals surface area contributed by atoms with E-state index in [9.17, 15) is 8.42 Å². The third kappa shape index (κ3) is 4.99. The standard InChI is InChI=1S/C19H25NO3S/c1-14-10-11-15(17(12-14)23-19(2,3)4)13-20-16-8-6-7-9-18(16)24(5,21)22/h6-12,20H,13H2,1-5H3. The largest absolute Gasteiger partial charge is 0.488 e. The minimum absolute atomic E-state index is 0.298. The van der Waals surface area contributed by atoms with Gasteiger partial charge in [-0.3, -0.25) is 0 Å². The fourth-order valence-electron chi connectivity index (χ4n) is 2.36. The summed E-state index contributed by atoms with van der Waals surface area (Å²) >= 11 is 0. The van der Waals surface area contributed by atoms with Crippen LogP contribution in [-0.2, 0) is 16.4 Å². The Bertz CT molecular complexity index is 821. The van der Waals surface area contributed by atoms with Gasteiger partial charge in [0.25, 0.3) is 0 Å². The molecule has 1 N–H and O–H groups in total. The number of ether oxygens (including phenoxy) is 1. The predicted octanol–water partition coefficient (Wildman–Crippen LogP) is 4.19. The molecule has 0 aliphatic rings. The van der Waals surface area contributed by atoms with Gasteiger partial charge in [0.15, 0.2) is 9.84 Å². The normalized spacial score (nSPS) is 12.0. The number of hydrogen-bond acceptors (Lipinski definition) is 4. The van der Waals surface area contributed by atoms with Gasteiger partial charge in [-0.25, -0.2) is 8.42 Å². The van der Waals surface area contributed by atoms with Crippen molar-refractivity contribution < 1.29 is 13.2 Å². The second-order valence-electron chi connectivity index (χ2n) is 6.95. The maximum absolute atomic E-state index is 11.9. The number of benzene rings is 2. The summed E-state index contributed by atoms with van der Waals surface area (Å²) in [5, 5.41) is 3.22. The van der Waals surface area contributed by atoms with E-state index in [0.717, 1.165) is 16.9 Å². The van der Waals surface area contributed by atoms with Gasteiger partial charge in [0.2, 0.25) is 0 Å². The molecule has 130 valence electrons. The van der Waals surface area contributed by atoms with Gasteiger partial charge in [0.05, 0.1) is 10.6 Å². The molecule has 0 atom stereocenters. The van der Waals surface area contributed by atoms with Gasteiger partial charge in [0, 0.05) is 18.4 Å². The predicted molar refractivity (Wildman–Crippen MR) is 98.4 cm³/mol. The lowest BCUT2D eigenvalue weighted by Gasteiger charge is -2.24. The van der Waals surface area contributed by atoms with E-state index in [0.29, 0.717) is 17.1 Å². The summed E-state index contributed by atoms with van der Waals surface area (Å²) in [6.07, 6.45) is 1.22. The molecular weight excluding hydrogens is 322 g/mol. The maximum atomic E-state index is 11.9. The Morgan fingerprint density at radius 3 is 2.38 bits per heavy atom. The zero-order valence-corrected chi connectivity index (χ0v) is 15.7.